The van der Waals surface area contributed by atoms with Gasteiger partial charge >= 0.3 is 0 Å². The van der Waals surface area contributed by atoms with Crippen molar-refractivity contribution >= 4 is 11.6 Å². The van der Waals surface area contributed by atoms with Crippen LogP contribution in [0.3, 0.4) is 0 Å². The van der Waals surface area contributed by atoms with Crippen molar-refractivity contribution in [3.05, 3.63) is 53.1 Å². The minimum absolute atomic E-state index is 0.0804. The van der Waals surface area contributed by atoms with Gasteiger partial charge in [0, 0.05) is 23.9 Å². The van der Waals surface area contributed by atoms with Crippen LogP contribution in [0, 0.1) is 33.6 Å². The van der Waals surface area contributed by atoms with Gasteiger partial charge in [0.1, 0.15) is 11.6 Å². The third-order valence-electron chi connectivity index (χ3n) is 5.98. The number of nitrogens with zero attached hydrogens (tertiary/aromatic N) is 4. The van der Waals surface area contributed by atoms with Crippen LogP contribution in [-0.4, -0.2) is 25.7 Å². The maximum Gasteiger partial charge on any atom is 0.224 e. The van der Waals surface area contributed by atoms with Gasteiger partial charge in [-0.2, -0.15) is 10.1 Å². The van der Waals surface area contributed by atoms with Crippen molar-refractivity contribution in [3.8, 4) is 17.4 Å². The molecule has 2 heterocycles. The first kappa shape index (κ1) is 21.0. The molecular weight excluding hydrogens is 390 g/mol. The van der Waals surface area contributed by atoms with Gasteiger partial charge in [0.2, 0.25) is 11.8 Å². The molecule has 0 saturated heterocycles. The lowest BCUT2D eigenvalue weighted by Gasteiger charge is -2.11. The summed E-state index contributed by atoms with van der Waals surface area (Å²) in [5.74, 6) is 2.98. The Morgan fingerprint density at radius 1 is 1.10 bits per heavy atom. The van der Waals surface area contributed by atoms with Gasteiger partial charge in [-0.25, -0.2) is 9.67 Å². The van der Waals surface area contributed by atoms with Crippen molar-refractivity contribution in [1.29, 1.82) is 0 Å². The average molecular weight is 420 g/mol. The predicted octanol–water partition coefficient (Wildman–Crippen LogP) is 5.21. The van der Waals surface area contributed by atoms with E-state index >= 15 is 0 Å². The molecule has 0 radical (unpaired) electrons. The fraction of sp³-hybridized carbons (Fsp3) is 0.417. The minimum atomic E-state index is 0.0804. The number of hydrogen-bond acceptors (Lipinski definition) is 5. The molecule has 7 heteroatoms. The lowest BCUT2D eigenvalue weighted by molar-refractivity contribution is -0.117. The van der Waals surface area contributed by atoms with E-state index in [2.05, 4.69) is 20.4 Å². The molecule has 0 aliphatic heterocycles. The van der Waals surface area contributed by atoms with E-state index in [0.717, 1.165) is 35.5 Å². The molecule has 0 atom stereocenters. The van der Waals surface area contributed by atoms with Gasteiger partial charge in [0.25, 0.3) is 0 Å². The average Bonchev–Trinajstić information content (AvgIpc) is 3.33. The number of nitrogens with one attached hydrogen (secondary N) is 1. The molecule has 162 valence electrons. The highest BCUT2D eigenvalue weighted by molar-refractivity contribution is 5.90. The molecule has 2 aromatic heterocycles. The zero-order valence-corrected chi connectivity index (χ0v) is 18.6. The molecule has 1 aliphatic carbocycles. The number of carbonyl (C=O) groups excluding carboxylic acids is 1. The lowest BCUT2D eigenvalue weighted by Crippen LogP contribution is -2.14. The standard InChI is InChI=1S/C24H29N5O2/c1-15-16(2)28-29(17(15)3)22-14-24(26-18(4)25-22)31-21-11-9-20(10-12-21)27-23(30)13-19-7-5-6-8-19/h9-12,14,19H,5-8,13H2,1-4H3,(H,27,30). The normalized spacial score (nSPS) is 14.1. The Bertz CT molecular complexity index is 1080. The van der Waals surface area contributed by atoms with E-state index in [1.807, 2.05) is 56.6 Å². The van der Waals surface area contributed by atoms with E-state index in [4.69, 9.17) is 4.74 Å². The molecule has 1 fully saturated rings. The second-order valence-corrected chi connectivity index (χ2v) is 8.35. The summed E-state index contributed by atoms with van der Waals surface area (Å²) < 4.78 is 7.78. The predicted molar refractivity (Wildman–Crippen MR) is 120 cm³/mol. The fourth-order valence-electron chi connectivity index (χ4n) is 4.05. The molecular formula is C24H29N5O2. The van der Waals surface area contributed by atoms with Gasteiger partial charge < -0.3 is 10.1 Å². The summed E-state index contributed by atoms with van der Waals surface area (Å²) in [4.78, 5) is 21.1. The summed E-state index contributed by atoms with van der Waals surface area (Å²) in [5, 5.41) is 7.56. The van der Waals surface area contributed by atoms with Crippen molar-refractivity contribution in [2.75, 3.05) is 5.32 Å². The Morgan fingerprint density at radius 3 is 2.45 bits per heavy atom. The molecule has 1 aliphatic rings. The third-order valence-corrected chi connectivity index (χ3v) is 5.98. The molecule has 1 saturated carbocycles. The van der Waals surface area contributed by atoms with Crippen LogP contribution in [0.25, 0.3) is 5.82 Å². The number of rotatable bonds is 6. The lowest BCUT2D eigenvalue weighted by atomic mass is 10.0. The zero-order chi connectivity index (χ0) is 22.0. The van der Waals surface area contributed by atoms with Crippen LogP contribution in [0.4, 0.5) is 5.69 Å². The SMILES string of the molecule is Cc1nc(Oc2ccc(NC(=O)CC3CCCC3)cc2)cc(-n2nc(C)c(C)c2C)n1. The molecule has 0 spiro atoms. The Morgan fingerprint density at radius 2 is 1.81 bits per heavy atom. The van der Waals surface area contributed by atoms with Crippen molar-refractivity contribution < 1.29 is 9.53 Å². The van der Waals surface area contributed by atoms with Crippen LogP contribution in [-0.2, 0) is 4.79 Å². The van der Waals surface area contributed by atoms with E-state index in [1.54, 1.807) is 6.07 Å². The number of amides is 1. The number of anilines is 1. The Balaban J connectivity index is 1.44. The number of ether oxygens (including phenoxy) is 1. The van der Waals surface area contributed by atoms with Crippen LogP contribution in [0.2, 0.25) is 0 Å². The first-order chi connectivity index (χ1) is 14.9. The molecule has 1 aromatic carbocycles. The van der Waals surface area contributed by atoms with E-state index in [0.29, 0.717) is 35.6 Å². The minimum Gasteiger partial charge on any atom is -0.439 e. The molecule has 1 N–H and O–H groups in total. The van der Waals surface area contributed by atoms with Crippen molar-refractivity contribution in [1.82, 2.24) is 19.7 Å². The maximum atomic E-state index is 12.2. The summed E-state index contributed by atoms with van der Waals surface area (Å²) in [7, 11) is 0. The second-order valence-electron chi connectivity index (χ2n) is 8.35. The maximum absolute atomic E-state index is 12.2. The topological polar surface area (TPSA) is 81.9 Å². The molecule has 31 heavy (non-hydrogen) atoms. The van der Waals surface area contributed by atoms with Crippen LogP contribution >= 0.6 is 0 Å². The smallest absolute Gasteiger partial charge is 0.224 e. The second kappa shape index (κ2) is 8.88. The molecule has 4 rings (SSSR count). The number of hydrogen-bond donors (Lipinski definition) is 1. The van der Waals surface area contributed by atoms with Gasteiger partial charge in [0.15, 0.2) is 5.82 Å². The molecule has 0 unspecified atom stereocenters. The van der Waals surface area contributed by atoms with E-state index in [1.165, 1.54) is 12.8 Å². The number of carbonyl (C=O) groups is 1. The van der Waals surface area contributed by atoms with Crippen LogP contribution < -0.4 is 10.1 Å². The number of aromatic nitrogens is 4. The Kier molecular flexibility index (Phi) is 6.02. The van der Waals surface area contributed by atoms with Gasteiger partial charge in [-0.3, -0.25) is 4.79 Å². The van der Waals surface area contributed by atoms with E-state index < -0.39 is 0 Å². The van der Waals surface area contributed by atoms with Crippen molar-refractivity contribution in [3.63, 3.8) is 0 Å². The van der Waals surface area contributed by atoms with Crippen LogP contribution in [0.15, 0.2) is 30.3 Å². The molecule has 3 aromatic rings. The van der Waals surface area contributed by atoms with Crippen LogP contribution in [0.5, 0.6) is 11.6 Å². The van der Waals surface area contributed by atoms with Crippen molar-refractivity contribution in [2.24, 2.45) is 5.92 Å². The van der Waals surface area contributed by atoms with Gasteiger partial charge in [-0.1, -0.05) is 12.8 Å². The van der Waals surface area contributed by atoms with Crippen molar-refractivity contribution in [2.45, 2.75) is 59.8 Å². The molecule has 1 amide bonds. The zero-order valence-electron chi connectivity index (χ0n) is 18.6. The summed E-state index contributed by atoms with van der Waals surface area (Å²) in [5.41, 5.74) is 3.93. The highest BCUT2D eigenvalue weighted by Gasteiger charge is 2.18. The quantitative estimate of drug-likeness (QED) is 0.593. The fourth-order valence-corrected chi connectivity index (χ4v) is 4.05. The highest BCUT2D eigenvalue weighted by atomic mass is 16.5. The number of aryl methyl sites for hydroxylation is 2. The van der Waals surface area contributed by atoms with Gasteiger partial charge in [0.05, 0.1) is 5.69 Å². The highest BCUT2D eigenvalue weighted by Crippen LogP contribution is 2.28. The summed E-state index contributed by atoms with van der Waals surface area (Å²) in [6, 6.07) is 9.14. The van der Waals surface area contributed by atoms with Gasteiger partial charge in [-0.15, -0.1) is 0 Å². The monoisotopic (exact) mass is 419 g/mol. The Hall–Kier alpha value is -3.22. The summed E-state index contributed by atoms with van der Waals surface area (Å²) in [6.45, 7) is 7.89. The van der Waals surface area contributed by atoms with Crippen LogP contribution in [0.1, 0.15) is 54.9 Å². The third kappa shape index (κ3) is 4.93. The summed E-state index contributed by atoms with van der Waals surface area (Å²) in [6.07, 6.45) is 5.42. The van der Waals surface area contributed by atoms with Gasteiger partial charge in [-0.05, 0) is 76.3 Å². The largest absolute Gasteiger partial charge is 0.439 e. The first-order valence-electron chi connectivity index (χ1n) is 10.9. The number of benzene rings is 1. The molecule has 0 bridgehead atoms. The molecule has 7 nitrogen and oxygen atoms in total. The Labute approximate surface area is 182 Å². The van der Waals surface area contributed by atoms with E-state index in [9.17, 15) is 4.79 Å². The first-order valence-corrected chi connectivity index (χ1v) is 10.9. The van der Waals surface area contributed by atoms with E-state index in [-0.39, 0.29) is 5.91 Å². The summed E-state index contributed by atoms with van der Waals surface area (Å²) >= 11 is 0.